The first-order chi connectivity index (χ1) is 8.34. The third-order valence-electron chi connectivity index (χ3n) is 2.43. The predicted molar refractivity (Wildman–Crippen MR) is 59.4 cm³/mol. The topological polar surface area (TPSA) is 73.8 Å². The van der Waals surface area contributed by atoms with Crippen molar-refractivity contribution in [2.45, 2.75) is 6.54 Å². The molecule has 1 aromatic carbocycles. The molecule has 0 saturated carbocycles. The molecular formula is C11H8N4O2. The summed E-state index contributed by atoms with van der Waals surface area (Å²) in [5.74, 6) is 0.566. The average Bonchev–Trinajstić information content (AvgIpc) is 2.86. The summed E-state index contributed by atoms with van der Waals surface area (Å²) in [6, 6.07) is 8.77. The molecule has 0 aliphatic heterocycles. The number of benzene rings is 1. The third-order valence-corrected chi connectivity index (χ3v) is 2.43. The fourth-order valence-electron chi connectivity index (χ4n) is 1.60. The third kappa shape index (κ3) is 1.69. The molecule has 0 unspecified atom stereocenters. The molecule has 0 atom stereocenters. The van der Waals surface area contributed by atoms with Gasteiger partial charge in [0.25, 0.3) is 5.56 Å². The van der Waals surface area contributed by atoms with Gasteiger partial charge in [-0.2, -0.15) is 0 Å². The van der Waals surface area contributed by atoms with Gasteiger partial charge in [-0.3, -0.25) is 4.79 Å². The standard InChI is InChI=1S/C11H8N4O2/c16-11-9-3-1-2-4-10(9)13-14-15(11)7-8-5-6-12-17-8/h1-6H,7H2. The van der Waals surface area contributed by atoms with Crippen LogP contribution in [-0.2, 0) is 6.54 Å². The summed E-state index contributed by atoms with van der Waals surface area (Å²) in [7, 11) is 0. The lowest BCUT2D eigenvalue weighted by atomic mass is 10.2. The van der Waals surface area contributed by atoms with E-state index in [2.05, 4.69) is 15.5 Å². The first-order valence-electron chi connectivity index (χ1n) is 5.07. The largest absolute Gasteiger partial charge is 0.359 e. The zero-order valence-electron chi connectivity index (χ0n) is 8.78. The van der Waals surface area contributed by atoms with Crippen molar-refractivity contribution in [3.8, 4) is 0 Å². The maximum Gasteiger partial charge on any atom is 0.278 e. The molecule has 17 heavy (non-hydrogen) atoms. The van der Waals surface area contributed by atoms with Crippen LogP contribution in [0.25, 0.3) is 10.9 Å². The molecule has 0 amide bonds. The molecule has 2 heterocycles. The van der Waals surface area contributed by atoms with Crippen molar-refractivity contribution >= 4 is 10.9 Å². The monoisotopic (exact) mass is 228 g/mol. The molecule has 0 fully saturated rings. The molecular weight excluding hydrogens is 220 g/mol. The summed E-state index contributed by atoms with van der Waals surface area (Å²) < 4.78 is 6.18. The summed E-state index contributed by atoms with van der Waals surface area (Å²) in [6.07, 6.45) is 1.52. The lowest BCUT2D eigenvalue weighted by Gasteiger charge is -2.01. The van der Waals surface area contributed by atoms with E-state index in [9.17, 15) is 4.79 Å². The second-order valence-corrected chi connectivity index (χ2v) is 3.55. The van der Waals surface area contributed by atoms with Gasteiger partial charge in [-0.15, -0.1) is 5.10 Å². The van der Waals surface area contributed by atoms with E-state index in [4.69, 9.17) is 4.52 Å². The SMILES string of the molecule is O=c1c2ccccc2nnn1Cc1ccno1. The summed E-state index contributed by atoms with van der Waals surface area (Å²) in [4.78, 5) is 12.1. The van der Waals surface area contributed by atoms with Crippen molar-refractivity contribution in [3.63, 3.8) is 0 Å². The Morgan fingerprint density at radius 1 is 1.24 bits per heavy atom. The Kier molecular flexibility index (Phi) is 2.18. The van der Waals surface area contributed by atoms with Crippen LogP contribution in [0.5, 0.6) is 0 Å². The van der Waals surface area contributed by atoms with Crippen LogP contribution in [0.4, 0.5) is 0 Å². The molecule has 84 valence electrons. The number of nitrogens with zero attached hydrogens (tertiary/aromatic N) is 4. The molecule has 0 bridgehead atoms. The van der Waals surface area contributed by atoms with E-state index in [0.29, 0.717) is 16.7 Å². The Morgan fingerprint density at radius 3 is 2.94 bits per heavy atom. The van der Waals surface area contributed by atoms with Crippen LogP contribution < -0.4 is 5.56 Å². The summed E-state index contributed by atoms with van der Waals surface area (Å²) in [6.45, 7) is 0.233. The van der Waals surface area contributed by atoms with Crippen molar-refractivity contribution in [3.05, 3.63) is 52.6 Å². The molecule has 0 aliphatic rings. The Labute approximate surface area is 95.5 Å². The molecule has 0 radical (unpaired) electrons. The first-order valence-corrected chi connectivity index (χ1v) is 5.07. The van der Waals surface area contributed by atoms with Crippen molar-refractivity contribution in [1.82, 2.24) is 20.2 Å². The quantitative estimate of drug-likeness (QED) is 0.649. The van der Waals surface area contributed by atoms with E-state index < -0.39 is 0 Å². The van der Waals surface area contributed by atoms with Crippen molar-refractivity contribution in [2.75, 3.05) is 0 Å². The zero-order chi connectivity index (χ0) is 11.7. The molecule has 6 nitrogen and oxygen atoms in total. The molecule has 0 saturated heterocycles. The van der Waals surface area contributed by atoms with Crippen LogP contribution in [0.1, 0.15) is 5.76 Å². The number of fused-ring (bicyclic) bond motifs is 1. The predicted octanol–water partition coefficient (Wildman–Crippen LogP) is 0.828. The Hall–Kier alpha value is -2.50. The van der Waals surface area contributed by atoms with Gasteiger partial charge in [0, 0.05) is 6.07 Å². The highest BCUT2D eigenvalue weighted by molar-refractivity contribution is 5.76. The van der Waals surface area contributed by atoms with Gasteiger partial charge in [0.15, 0.2) is 5.76 Å². The van der Waals surface area contributed by atoms with E-state index >= 15 is 0 Å². The number of hydrogen-bond donors (Lipinski definition) is 0. The van der Waals surface area contributed by atoms with Crippen molar-refractivity contribution < 1.29 is 4.52 Å². The normalized spacial score (nSPS) is 10.8. The van der Waals surface area contributed by atoms with Gasteiger partial charge in [-0.25, -0.2) is 4.68 Å². The minimum absolute atomic E-state index is 0.188. The van der Waals surface area contributed by atoms with E-state index in [1.54, 1.807) is 24.3 Å². The van der Waals surface area contributed by atoms with Gasteiger partial charge in [0.1, 0.15) is 12.1 Å². The van der Waals surface area contributed by atoms with Crippen LogP contribution in [0.2, 0.25) is 0 Å². The second kappa shape index (κ2) is 3.82. The summed E-state index contributed by atoms with van der Waals surface area (Å²) >= 11 is 0. The van der Waals surface area contributed by atoms with E-state index in [1.807, 2.05) is 6.07 Å². The highest BCUT2D eigenvalue weighted by atomic mass is 16.5. The first kappa shape index (κ1) is 9.71. The van der Waals surface area contributed by atoms with Gasteiger partial charge >= 0.3 is 0 Å². The fourth-order valence-corrected chi connectivity index (χ4v) is 1.60. The van der Waals surface area contributed by atoms with Gasteiger partial charge in [0.2, 0.25) is 0 Å². The maximum absolute atomic E-state index is 12.1. The summed E-state index contributed by atoms with van der Waals surface area (Å²) in [5, 5.41) is 11.9. The van der Waals surface area contributed by atoms with Gasteiger partial charge < -0.3 is 4.52 Å². The van der Waals surface area contributed by atoms with Crippen molar-refractivity contribution in [1.29, 1.82) is 0 Å². The Morgan fingerprint density at radius 2 is 2.12 bits per heavy atom. The molecule has 2 aromatic heterocycles. The Balaban J connectivity index is 2.12. The van der Waals surface area contributed by atoms with Gasteiger partial charge in [-0.05, 0) is 12.1 Å². The molecule has 0 spiro atoms. The minimum Gasteiger partial charge on any atom is -0.359 e. The highest BCUT2D eigenvalue weighted by Crippen LogP contribution is 2.04. The van der Waals surface area contributed by atoms with Crippen LogP contribution in [0.15, 0.2) is 45.8 Å². The van der Waals surface area contributed by atoms with Crippen LogP contribution in [0, 0.1) is 0 Å². The number of hydrogen-bond acceptors (Lipinski definition) is 5. The van der Waals surface area contributed by atoms with Gasteiger partial charge in [0.05, 0.1) is 11.6 Å². The zero-order valence-corrected chi connectivity index (χ0v) is 8.78. The molecule has 0 aliphatic carbocycles. The van der Waals surface area contributed by atoms with Crippen LogP contribution in [0.3, 0.4) is 0 Å². The average molecular weight is 228 g/mol. The molecule has 3 rings (SSSR count). The van der Waals surface area contributed by atoms with E-state index in [-0.39, 0.29) is 12.1 Å². The van der Waals surface area contributed by atoms with E-state index in [1.165, 1.54) is 10.9 Å². The number of aromatic nitrogens is 4. The lowest BCUT2D eigenvalue weighted by molar-refractivity contribution is 0.366. The molecule has 6 heteroatoms. The maximum atomic E-state index is 12.1. The van der Waals surface area contributed by atoms with Gasteiger partial charge in [-0.1, -0.05) is 22.5 Å². The second-order valence-electron chi connectivity index (χ2n) is 3.55. The molecule has 0 N–H and O–H groups in total. The fraction of sp³-hybridized carbons (Fsp3) is 0.0909. The molecule has 3 aromatic rings. The smallest absolute Gasteiger partial charge is 0.278 e. The lowest BCUT2D eigenvalue weighted by Crippen LogP contribution is -2.24. The summed E-state index contributed by atoms with van der Waals surface area (Å²) in [5.41, 5.74) is 0.401. The minimum atomic E-state index is -0.188. The van der Waals surface area contributed by atoms with Crippen LogP contribution >= 0.6 is 0 Å². The van der Waals surface area contributed by atoms with E-state index in [0.717, 1.165) is 0 Å². The van der Waals surface area contributed by atoms with Crippen LogP contribution in [-0.4, -0.2) is 20.2 Å². The number of rotatable bonds is 2. The highest BCUT2D eigenvalue weighted by Gasteiger charge is 2.06. The Bertz CT molecular complexity index is 703. The van der Waals surface area contributed by atoms with Crippen molar-refractivity contribution in [2.24, 2.45) is 0 Å².